The second-order valence-corrected chi connectivity index (χ2v) is 13.7. The SMILES string of the molecule is COc1cc(C)ccc1OC(=O)Oc1ccc(C(C)(C)c2ccc(OC(=O)Oc3ccc(C(C)(C)c4cccc(C)c4)cc3C)cc2)cc1C. The fourth-order valence-electron chi connectivity index (χ4n) is 5.88. The second kappa shape index (κ2) is 14.5. The summed E-state index contributed by atoms with van der Waals surface area (Å²) in [5.74, 6) is 1.93. The molecule has 0 saturated carbocycles. The zero-order chi connectivity index (χ0) is 36.2. The average Bonchev–Trinajstić information content (AvgIpc) is 3.07. The molecule has 0 radical (unpaired) electrons. The van der Waals surface area contributed by atoms with Crippen LogP contribution < -0.4 is 23.7 Å². The highest BCUT2D eigenvalue weighted by atomic mass is 16.7. The predicted molar refractivity (Wildman–Crippen MR) is 195 cm³/mol. The summed E-state index contributed by atoms with van der Waals surface area (Å²) in [4.78, 5) is 25.4. The lowest BCUT2D eigenvalue weighted by Crippen LogP contribution is -2.20. The lowest BCUT2D eigenvalue weighted by atomic mass is 9.77. The first-order valence-electron chi connectivity index (χ1n) is 16.5. The summed E-state index contributed by atoms with van der Waals surface area (Å²) >= 11 is 0. The van der Waals surface area contributed by atoms with E-state index >= 15 is 0 Å². The highest BCUT2D eigenvalue weighted by Crippen LogP contribution is 2.37. The Morgan fingerprint density at radius 1 is 0.460 bits per heavy atom. The number of benzene rings is 5. The van der Waals surface area contributed by atoms with Crippen LogP contribution in [0.5, 0.6) is 28.7 Å². The first kappa shape index (κ1) is 35.7. The molecule has 0 aromatic heterocycles. The molecule has 258 valence electrons. The summed E-state index contributed by atoms with van der Waals surface area (Å²) in [6.07, 6.45) is -1.66. The Labute approximate surface area is 294 Å². The minimum atomic E-state index is -0.856. The van der Waals surface area contributed by atoms with Crippen LogP contribution in [0.15, 0.2) is 103 Å². The number of aryl methyl sites for hydroxylation is 4. The topological polar surface area (TPSA) is 80.3 Å². The van der Waals surface area contributed by atoms with Crippen molar-refractivity contribution in [2.75, 3.05) is 7.11 Å². The van der Waals surface area contributed by atoms with E-state index in [1.807, 2.05) is 63.2 Å². The standard InChI is InChI=1S/C43H44O7/c1-27-11-10-12-32(23-27)43(7,8)34-17-22-36(30(4)26-34)48-40(44)47-35-18-14-31(15-19-35)42(5,6)33-16-21-37(29(3)25-33)49-41(45)50-38-20-13-28(2)24-39(38)46-9/h10-26H,1-9H3. The van der Waals surface area contributed by atoms with Gasteiger partial charge in [0.15, 0.2) is 11.5 Å². The lowest BCUT2D eigenvalue weighted by Gasteiger charge is -2.27. The van der Waals surface area contributed by atoms with Crippen LogP contribution in [0.2, 0.25) is 0 Å². The number of carbonyl (C=O) groups is 2. The van der Waals surface area contributed by atoms with Crippen molar-refractivity contribution >= 4 is 12.3 Å². The smallest absolute Gasteiger partial charge is 0.493 e. The molecule has 0 aliphatic carbocycles. The van der Waals surface area contributed by atoms with Gasteiger partial charge in [0.25, 0.3) is 0 Å². The van der Waals surface area contributed by atoms with Crippen molar-refractivity contribution in [2.45, 2.75) is 66.2 Å². The van der Waals surface area contributed by atoms with Gasteiger partial charge in [0.2, 0.25) is 0 Å². The van der Waals surface area contributed by atoms with E-state index in [0.29, 0.717) is 23.0 Å². The average molecular weight is 673 g/mol. The molecule has 5 aromatic carbocycles. The second-order valence-electron chi connectivity index (χ2n) is 13.7. The maximum absolute atomic E-state index is 12.8. The Hall–Kier alpha value is -5.56. The molecule has 0 atom stereocenters. The Kier molecular flexibility index (Phi) is 10.4. The van der Waals surface area contributed by atoms with E-state index in [2.05, 4.69) is 65.0 Å². The molecular formula is C43H44O7. The van der Waals surface area contributed by atoms with Gasteiger partial charge < -0.3 is 23.7 Å². The van der Waals surface area contributed by atoms with Crippen LogP contribution in [0.4, 0.5) is 9.59 Å². The third-order valence-corrected chi connectivity index (χ3v) is 9.21. The largest absolute Gasteiger partial charge is 0.519 e. The molecule has 0 bridgehead atoms. The van der Waals surface area contributed by atoms with E-state index in [-0.39, 0.29) is 11.2 Å². The molecule has 50 heavy (non-hydrogen) atoms. The van der Waals surface area contributed by atoms with E-state index in [9.17, 15) is 9.59 Å². The molecule has 7 heteroatoms. The highest BCUT2D eigenvalue weighted by Gasteiger charge is 2.26. The predicted octanol–water partition coefficient (Wildman–Crippen LogP) is 10.7. The quantitative estimate of drug-likeness (QED) is 0.114. The maximum Gasteiger partial charge on any atom is 0.519 e. The van der Waals surface area contributed by atoms with Gasteiger partial charge >= 0.3 is 12.3 Å². The molecule has 5 aromatic rings. The van der Waals surface area contributed by atoms with E-state index in [0.717, 1.165) is 33.4 Å². The fraction of sp³-hybridized carbons (Fsp3) is 0.256. The van der Waals surface area contributed by atoms with Gasteiger partial charge in [-0.1, -0.05) is 100.0 Å². The van der Waals surface area contributed by atoms with Gasteiger partial charge in [-0.25, -0.2) is 9.59 Å². The summed E-state index contributed by atoms with van der Waals surface area (Å²) in [5.41, 5.74) is 7.52. The fourth-order valence-corrected chi connectivity index (χ4v) is 5.88. The maximum atomic E-state index is 12.8. The van der Waals surface area contributed by atoms with Crippen LogP contribution >= 0.6 is 0 Å². The summed E-state index contributed by atoms with van der Waals surface area (Å²) in [5, 5.41) is 0. The number of methoxy groups -OCH3 is 1. The molecule has 0 unspecified atom stereocenters. The number of rotatable bonds is 9. The summed E-state index contributed by atoms with van der Waals surface area (Å²) in [6.45, 7) is 16.4. The van der Waals surface area contributed by atoms with Gasteiger partial charge in [-0.05, 0) is 103 Å². The van der Waals surface area contributed by atoms with Gasteiger partial charge in [-0.3, -0.25) is 0 Å². The Balaban J connectivity index is 1.21. The van der Waals surface area contributed by atoms with E-state index in [1.54, 1.807) is 30.3 Å². The molecule has 0 heterocycles. The van der Waals surface area contributed by atoms with Crippen molar-refractivity contribution < 1.29 is 33.3 Å². The van der Waals surface area contributed by atoms with Gasteiger partial charge in [0.05, 0.1) is 7.11 Å². The van der Waals surface area contributed by atoms with Crippen LogP contribution in [0.3, 0.4) is 0 Å². The molecule has 0 spiro atoms. The van der Waals surface area contributed by atoms with Crippen LogP contribution in [0.1, 0.15) is 72.2 Å². The number of carbonyl (C=O) groups excluding carboxylic acids is 2. The molecule has 7 nitrogen and oxygen atoms in total. The van der Waals surface area contributed by atoms with Gasteiger partial charge in [0, 0.05) is 10.8 Å². The van der Waals surface area contributed by atoms with Crippen molar-refractivity contribution in [1.29, 1.82) is 0 Å². The summed E-state index contributed by atoms with van der Waals surface area (Å²) in [6, 6.07) is 32.6. The number of hydrogen-bond donors (Lipinski definition) is 0. The molecule has 0 aliphatic heterocycles. The Bertz CT molecular complexity index is 2020. The summed E-state index contributed by atoms with van der Waals surface area (Å²) < 4.78 is 27.4. The van der Waals surface area contributed by atoms with Crippen molar-refractivity contribution in [3.05, 3.63) is 148 Å². The van der Waals surface area contributed by atoms with Gasteiger partial charge in [-0.15, -0.1) is 0 Å². The zero-order valence-electron chi connectivity index (χ0n) is 30.2. The van der Waals surface area contributed by atoms with Gasteiger partial charge in [-0.2, -0.15) is 0 Å². The van der Waals surface area contributed by atoms with Crippen molar-refractivity contribution in [3.63, 3.8) is 0 Å². The van der Waals surface area contributed by atoms with Crippen LogP contribution in [-0.2, 0) is 10.8 Å². The van der Waals surface area contributed by atoms with Crippen molar-refractivity contribution in [2.24, 2.45) is 0 Å². The normalized spacial score (nSPS) is 11.5. The monoisotopic (exact) mass is 672 g/mol. The minimum absolute atomic E-state index is 0.217. The first-order valence-corrected chi connectivity index (χ1v) is 16.5. The number of ether oxygens (including phenoxy) is 5. The van der Waals surface area contributed by atoms with Gasteiger partial charge in [0.1, 0.15) is 17.2 Å². The Morgan fingerprint density at radius 3 is 1.46 bits per heavy atom. The molecule has 0 N–H and O–H groups in total. The Morgan fingerprint density at radius 2 is 0.920 bits per heavy atom. The van der Waals surface area contributed by atoms with E-state index in [1.165, 1.54) is 18.2 Å². The summed E-state index contributed by atoms with van der Waals surface area (Å²) in [7, 11) is 1.52. The highest BCUT2D eigenvalue weighted by molar-refractivity contribution is 5.69. The number of hydrogen-bond acceptors (Lipinski definition) is 7. The van der Waals surface area contributed by atoms with Crippen molar-refractivity contribution in [3.8, 4) is 28.7 Å². The van der Waals surface area contributed by atoms with E-state index < -0.39 is 17.7 Å². The lowest BCUT2D eigenvalue weighted by molar-refractivity contribution is 0.149. The molecule has 0 fully saturated rings. The van der Waals surface area contributed by atoms with Crippen LogP contribution in [0.25, 0.3) is 0 Å². The molecule has 0 amide bonds. The minimum Gasteiger partial charge on any atom is -0.493 e. The molecular weight excluding hydrogens is 628 g/mol. The zero-order valence-corrected chi connectivity index (χ0v) is 30.2. The molecule has 0 saturated heterocycles. The third-order valence-electron chi connectivity index (χ3n) is 9.21. The third kappa shape index (κ3) is 8.00. The van der Waals surface area contributed by atoms with Crippen molar-refractivity contribution in [1.82, 2.24) is 0 Å². The molecule has 5 rings (SSSR count). The van der Waals surface area contributed by atoms with Crippen LogP contribution in [-0.4, -0.2) is 19.4 Å². The van der Waals surface area contributed by atoms with Crippen LogP contribution in [0, 0.1) is 27.7 Å². The molecule has 0 aliphatic rings. The first-order chi connectivity index (χ1) is 23.7. The van der Waals surface area contributed by atoms with E-state index in [4.69, 9.17) is 23.7 Å².